The number of hydrogen-bond acceptors (Lipinski definition) is 5. The predicted octanol–water partition coefficient (Wildman–Crippen LogP) is 7.57. The summed E-state index contributed by atoms with van der Waals surface area (Å²) in [7, 11) is 5.37. The van der Waals surface area contributed by atoms with Gasteiger partial charge in [0.25, 0.3) is 5.91 Å². The Morgan fingerprint density at radius 2 is 1.39 bits per heavy atom. The van der Waals surface area contributed by atoms with E-state index in [2.05, 4.69) is 58.7 Å². The number of benzene rings is 4. The summed E-state index contributed by atoms with van der Waals surface area (Å²) in [5.74, 6) is -0.744. The molecule has 4 aromatic carbocycles. The van der Waals surface area contributed by atoms with Crippen LogP contribution in [0.4, 0.5) is 17.1 Å². The molecule has 0 aliphatic heterocycles. The lowest BCUT2D eigenvalue weighted by atomic mass is 9.88. The zero-order valence-electron chi connectivity index (χ0n) is 25.6. The van der Waals surface area contributed by atoms with E-state index >= 15 is 0 Å². The fourth-order valence-corrected chi connectivity index (χ4v) is 5.66. The van der Waals surface area contributed by atoms with Crippen molar-refractivity contribution in [3.8, 4) is 11.1 Å². The van der Waals surface area contributed by atoms with E-state index in [9.17, 15) is 14.4 Å². The Morgan fingerprint density at radius 3 is 2.05 bits per heavy atom. The van der Waals surface area contributed by atoms with Gasteiger partial charge in [-0.15, -0.1) is 0 Å². The van der Waals surface area contributed by atoms with E-state index in [-0.39, 0.29) is 17.7 Å². The van der Waals surface area contributed by atoms with E-state index in [1.807, 2.05) is 25.1 Å². The Labute approximate surface area is 259 Å². The number of rotatable bonds is 9. The third-order valence-corrected chi connectivity index (χ3v) is 8.19. The van der Waals surface area contributed by atoms with Gasteiger partial charge in [0, 0.05) is 42.6 Å². The first kappa shape index (κ1) is 30.5. The SMILES string of the molecule is COC(=O)c1cccc(NC(=O)c2cccc(N(Cc3ccc(-c4ccc(N(C)C)cc4)cc3)C(=O)C3CCCCC3)c2)c1. The Kier molecular flexibility index (Phi) is 9.75. The van der Waals surface area contributed by atoms with Crippen molar-refractivity contribution in [2.75, 3.05) is 36.3 Å². The van der Waals surface area contributed by atoms with Crippen molar-refractivity contribution < 1.29 is 19.1 Å². The summed E-state index contributed by atoms with van der Waals surface area (Å²) in [6.07, 6.45) is 5.03. The second-order valence-corrected chi connectivity index (χ2v) is 11.5. The molecule has 1 fully saturated rings. The molecule has 2 amide bonds. The molecule has 0 radical (unpaired) electrons. The van der Waals surface area contributed by atoms with Crippen molar-refractivity contribution >= 4 is 34.8 Å². The first-order valence-electron chi connectivity index (χ1n) is 15.1. The predicted molar refractivity (Wildman–Crippen MR) is 176 cm³/mol. The molecule has 7 heteroatoms. The van der Waals surface area contributed by atoms with Crippen molar-refractivity contribution in [2.45, 2.75) is 38.6 Å². The molecule has 0 unspecified atom stereocenters. The maximum Gasteiger partial charge on any atom is 0.337 e. The molecular formula is C37H39N3O4. The zero-order chi connectivity index (χ0) is 31.1. The lowest BCUT2D eigenvalue weighted by Crippen LogP contribution is -2.36. The highest BCUT2D eigenvalue weighted by Gasteiger charge is 2.27. The van der Waals surface area contributed by atoms with Gasteiger partial charge in [0.15, 0.2) is 0 Å². The fraction of sp³-hybridized carbons (Fsp3) is 0.270. The van der Waals surface area contributed by atoms with Crippen LogP contribution in [-0.2, 0) is 16.1 Å². The van der Waals surface area contributed by atoms with Crippen molar-refractivity contribution in [2.24, 2.45) is 5.92 Å². The van der Waals surface area contributed by atoms with Crippen molar-refractivity contribution in [3.63, 3.8) is 0 Å². The highest BCUT2D eigenvalue weighted by Crippen LogP contribution is 2.30. The van der Waals surface area contributed by atoms with Gasteiger partial charge in [-0.25, -0.2) is 4.79 Å². The Bertz CT molecular complexity index is 1610. The van der Waals surface area contributed by atoms with Crippen LogP contribution in [0.3, 0.4) is 0 Å². The second-order valence-electron chi connectivity index (χ2n) is 11.5. The fourth-order valence-electron chi connectivity index (χ4n) is 5.66. The quantitative estimate of drug-likeness (QED) is 0.204. The zero-order valence-corrected chi connectivity index (χ0v) is 25.6. The van der Waals surface area contributed by atoms with Gasteiger partial charge in [-0.3, -0.25) is 9.59 Å². The number of nitrogens with zero attached hydrogens (tertiary/aromatic N) is 2. The first-order valence-corrected chi connectivity index (χ1v) is 15.1. The van der Waals surface area contributed by atoms with Crippen LogP contribution in [0, 0.1) is 5.92 Å². The molecule has 4 aromatic rings. The molecular weight excluding hydrogens is 550 g/mol. The summed E-state index contributed by atoms with van der Waals surface area (Å²) in [6, 6.07) is 30.6. The summed E-state index contributed by atoms with van der Waals surface area (Å²) in [6.45, 7) is 0.404. The molecule has 1 aliphatic rings. The van der Waals surface area contributed by atoms with E-state index in [0.29, 0.717) is 29.0 Å². The van der Waals surface area contributed by atoms with Gasteiger partial charge >= 0.3 is 5.97 Å². The number of methoxy groups -OCH3 is 1. The number of esters is 1. The third kappa shape index (κ3) is 7.35. The minimum absolute atomic E-state index is 0.0308. The van der Waals surface area contributed by atoms with Gasteiger partial charge in [-0.2, -0.15) is 0 Å². The van der Waals surface area contributed by atoms with Crippen LogP contribution in [0.1, 0.15) is 58.4 Å². The molecule has 0 heterocycles. The van der Waals surface area contributed by atoms with Gasteiger partial charge in [-0.05, 0) is 78.1 Å². The lowest BCUT2D eigenvalue weighted by molar-refractivity contribution is -0.123. The van der Waals surface area contributed by atoms with Crippen LogP contribution in [0.25, 0.3) is 11.1 Å². The van der Waals surface area contributed by atoms with Crippen LogP contribution in [-0.4, -0.2) is 39.0 Å². The summed E-state index contributed by atoms with van der Waals surface area (Å²) < 4.78 is 4.79. The summed E-state index contributed by atoms with van der Waals surface area (Å²) in [5, 5.41) is 2.86. The van der Waals surface area contributed by atoms with E-state index in [1.54, 1.807) is 42.5 Å². The molecule has 0 aromatic heterocycles. The van der Waals surface area contributed by atoms with Gasteiger partial charge in [0.2, 0.25) is 5.91 Å². The molecule has 226 valence electrons. The normalized spacial score (nSPS) is 13.2. The van der Waals surface area contributed by atoms with Crippen molar-refractivity contribution in [1.82, 2.24) is 0 Å². The largest absolute Gasteiger partial charge is 0.465 e. The van der Waals surface area contributed by atoms with Gasteiger partial charge in [-0.1, -0.05) is 67.8 Å². The molecule has 7 nitrogen and oxygen atoms in total. The van der Waals surface area contributed by atoms with Crippen LogP contribution < -0.4 is 15.1 Å². The van der Waals surface area contributed by atoms with Crippen LogP contribution in [0.15, 0.2) is 97.1 Å². The smallest absolute Gasteiger partial charge is 0.337 e. The number of ether oxygens (including phenoxy) is 1. The Balaban J connectivity index is 1.38. The van der Waals surface area contributed by atoms with Crippen molar-refractivity contribution in [1.29, 1.82) is 0 Å². The number of carbonyl (C=O) groups excluding carboxylic acids is 3. The molecule has 0 atom stereocenters. The third-order valence-electron chi connectivity index (χ3n) is 8.19. The first-order chi connectivity index (χ1) is 21.3. The van der Waals surface area contributed by atoms with E-state index in [0.717, 1.165) is 54.5 Å². The maximum absolute atomic E-state index is 14.0. The van der Waals surface area contributed by atoms with Crippen LogP contribution >= 0.6 is 0 Å². The van der Waals surface area contributed by atoms with Crippen LogP contribution in [0.2, 0.25) is 0 Å². The van der Waals surface area contributed by atoms with E-state index in [4.69, 9.17) is 4.74 Å². The standard InChI is InChI=1S/C37H39N3O4/c1-39(2)33-21-19-28(20-22-33)27-17-15-26(16-18-27)25-40(36(42)29-9-5-4-6-10-29)34-14-8-11-30(24-34)35(41)38-32-13-7-12-31(23-32)37(43)44-3/h7-8,11-24,29H,4-6,9-10,25H2,1-3H3,(H,38,41). The molecule has 44 heavy (non-hydrogen) atoms. The van der Waals surface area contributed by atoms with E-state index < -0.39 is 5.97 Å². The van der Waals surface area contributed by atoms with Gasteiger partial charge in [0.05, 0.1) is 19.2 Å². The van der Waals surface area contributed by atoms with Crippen LogP contribution in [0.5, 0.6) is 0 Å². The number of carbonyl (C=O) groups is 3. The average molecular weight is 590 g/mol. The second kappa shape index (κ2) is 14.0. The number of hydrogen-bond donors (Lipinski definition) is 1. The van der Waals surface area contributed by atoms with E-state index in [1.165, 1.54) is 7.11 Å². The minimum Gasteiger partial charge on any atom is -0.465 e. The Hall–Kier alpha value is -4.91. The molecule has 1 saturated carbocycles. The van der Waals surface area contributed by atoms with Gasteiger partial charge < -0.3 is 19.9 Å². The molecule has 1 N–H and O–H groups in total. The van der Waals surface area contributed by atoms with Gasteiger partial charge in [0.1, 0.15) is 0 Å². The number of anilines is 3. The average Bonchev–Trinajstić information content (AvgIpc) is 3.07. The summed E-state index contributed by atoms with van der Waals surface area (Å²) >= 11 is 0. The highest BCUT2D eigenvalue weighted by atomic mass is 16.5. The maximum atomic E-state index is 14.0. The monoisotopic (exact) mass is 589 g/mol. The topological polar surface area (TPSA) is 79.0 Å². The molecule has 1 aliphatic carbocycles. The number of amides is 2. The van der Waals surface area contributed by atoms with Crippen molar-refractivity contribution in [3.05, 3.63) is 114 Å². The summed E-state index contributed by atoms with van der Waals surface area (Å²) in [4.78, 5) is 43.1. The highest BCUT2D eigenvalue weighted by molar-refractivity contribution is 6.06. The Morgan fingerprint density at radius 1 is 0.750 bits per heavy atom. The minimum atomic E-state index is -0.477. The lowest BCUT2D eigenvalue weighted by Gasteiger charge is -2.30. The molecule has 0 spiro atoms. The summed E-state index contributed by atoms with van der Waals surface area (Å²) in [5.41, 5.74) is 6.33. The molecule has 0 bridgehead atoms. The number of nitrogens with one attached hydrogen (secondary N) is 1. The molecule has 0 saturated heterocycles. The molecule has 5 rings (SSSR count).